The summed E-state index contributed by atoms with van der Waals surface area (Å²) in [5, 5.41) is 12.3. The molecule has 1 aliphatic carbocycles. The highest BCUT2D eigenvalue weighted by Crippen LogP contribution is 2.28. The van der Waals surface area contributed by atoms with Gasteiger partial charge in [-0.05, 0) is 31.2 Å². The zero-order valence-corrected chi connectivity index (χ0v) is 12.9. The van der Waals surface area contributed by atoms with Crippen molar-refractivity contribution in [2.24, 2.45) is 0 Å². The first-order valence-electron chi connectivity index (χ1n) is 7.77. The first-order valence-corrected chi connectivity index (χ1v) is 7.77. The van der Waals surface area contributed by atoms with Gasteiger partial charge >= 0.3 is 0 Å². The van der Waals surface area contributed by atoms with Crippen LogP contribution >= 0.6 is 0 Å². The van der Waals surface area contributed by atoms with Crippen LogP contribution in [-0.2, 0) is 11.3 Å². The molecule has 4 nitrogen and oxygen atoms in total. The summed E-state index contributed by atoms with van der Waals surface area (Å²) in [4.78, 5) is 14.3. The normalized spacial score (nSPS) is 16.2. The minimum absolute atomic E-state index is 0.0822. The van der Waals surface area contributed by atoms with Crippen LogP contribution in [-0.4, -0.2) is 29.4 Å². The van der Waals surface area contributed by atoms with Crippen molar-refractivity contribution < 1.29 is 4.79 Å². The van der Waals surface area contributed by atoms with Gasteiger partial charge in [0.15, 0.2) is 0 Å². The van der Waals surface area contributed by atoms with Gasteiger partial charge < -0.3 is 5.32 Å². The quantitative estimate of drug-likeness (QED) is 0.787. The van der Waals surface area contributed by atoms with E-state index in [1.54, 1.807) is 6.08 Å². The second-order valence-corrected chi connectivity index (χ2v) is 5.89. The van der Waals surface area contributed by atoms with Gasteiger partial charge in [0.2, 0.25) is 5.91 Å². The fourth-order valence-corrected chi connectivity index (χ4v) is 2.96. The molecule has 1 aromatic rings. The van der Waals surface area contributed by atoms with Gasteiger partial charge in [-0.3, -0.25) is 9.69 Å². The second-order valence-electron chi connectivity index (χ2n) is 5.89. The lowest BCUT2D eigenvalue weighted by molar-refractivity contribution is -0.123. The van der Waals surface area contributed by atoms with Crippen LogP contribution < -0.4 is 5.32 Å². The van der Waals surface area contributed by atoms with E-state index in [2.05, 4.69) is 18.0 Å². The molecular weight excluding hydrogens is 274 g/mol. The minimum atomic E-state index is -0.649. The number of nitriles is 1. The van der Waals surface area contributed by atoms with Gasteiger partial charge in [-0.1, -0.05) is 36.4 Å². The number of nitrogens with one attached hydrogen (secondary N) is 1. The lowest BCUT2D eigenvalue weighted by Gasteiger charge is -2.25. The summed E-state index contributed by atoms with van der Waals surface area (Å²) in [6.07, 6.45) is 5.33. The number of carbonyl (C=O) groups is 1. The first kappa shape index (κ1) is 16.3. The van der Waals surface area contributed by atoms with Gasteiger partial charge in [0.05, 0.1) is 12.6 Å². The Bertz CT molecular complexity index is 541. The molecule has 0 atom stereocenters. The average Bonchev–Trinajstić information content (AvgIpc) is 2.97. The standard InChI is InChI=1S/C18H23N3O/c1-2-12-21(13-16-8-4-3-5-9-16)14-17(22)20-18(15-19)10-6-7-11-18/h2-5,8-9H,1,6-7,10-14H2,(H,20,22). The first-order chi connectivity index (χ1) is 10.7. The highest BCUT2D eigenvalue weighted by Gasteiger charge is 2.35. The van der Waals surface area contributed by atoms with Crippen molar-refractivity contribution in [2.45, 2.75) is 37.8 Å². The topological polar surface area (TPSA) is 56.1 Å². The van der Waals surface area contributed by atoms with E-state index < -0.39 is 5.54 Å². The molecule has 0 saturated heterocycles. The van der Waals surface area contributed by atoms with Gasteiger partial charge in [-0.15, -0.1) is 6.58 Å². The van der Waals surface area contributed by atoms with E-state index in [1.165, 1.54) is 0 Å². The zero-order valence-electron chi connectivity index (χ0n) is 12.9. The van der Waals surface area contributed by atoms with E-state index in [9.17, 15) is 10.1 Å². The Hall–Kier alpha value is -2.12. The van der Waals surface area contributed by atoms with Gasteiger partial charge in [-0.2, -0.15) is 5.26 Å². The van der Waals surface area contributed by atoms with Crippen molar-refractivity contribution in [3.8, 4) is 6.07 Å². The Morgan fingerprint density at radius 3 is 2.64 bits per heavy atom. The van der Waals surface area contributed by atoms with Crippen LogP contribution in [0.15, 0.2) is 43.0 Å². The van der Waals surface area contributed by atoms with Gasteiger partial charge in [0.25, 0.3) is 0 Å². The maximum Gasteiger partial charge on any atom is 0.235 e. The summed E-state index contributed by atoms with van der Waals surface area (Å²) < 4.78 is 0. The third-order valence-electron chi connectivity index (χ3n) is 4.05. The van der Waals surface area contributed by atoms with Crippen molar-refractivity contribution in [2.75, 3.05) is 13.1 Å². The number of rotatable bonds is 7. The highest BCUT2D eigenvalue weighted by molar-refractivity contribution is 5.79. The predicted molar refractivity (Wildman–Crippen MR) is 86.9 cm³/mol. The van der Waals surface area contributed by atoms with Crippen LogP contribution in [0.1, 0.15) is 31.2 Å². The second kappa shape index (κ2) is 7.77. The fraction of sp³-hybridized carbons (Fsp3) is 0.444. The Morgan fingerprint density at radius 1 is 1.36 bits per heavy atom. The van der Waals surface area contributed by atoms with Crippen molar-refractivity contribution in [3.63, 3.8) is 0 Å². The molecular formula is C18H23N3O. The number of amides is 1. The monoisotopic (exact) mass is 297 g/mol. The van der Waals surface area contributed by atoms with Crippen molar-refractivity contribution in [1.82, 2.24) is 10.2 Å². The van der Waals surface area contributed by atoms with E-state index in [4.69, 9.17) is 0 Å². The molecule has 1 aromatic carbocycles. The van der Waals surface area contributed by atoms with Crippen LogP contribution in [0.5, 0.6) is 0 Å². The average molecular weight is 297 g/mol. The number of benzene rings is 1. The van der Waals surface area contributed by atoms with E-state index in [0.717, 1.165) is 31.2 Å². The molecule has 1 saturated carbocycles. The number of hydrogen-bond acceptors (Lipinski definition) is 3. The highest BCUT2D eigenvalue weighted by atomic mass is 16.2. The van der Waals surface area contributed by atoms with Crippen LogP contribution in [0, 0.1) is 11.3 Å². The molecule has 1 amide bonds. The molecule has 0 spiro atoms. The molecule has 22 heavy (non-hydrogen) atoms. The molecule has 4 heteroatoms. The zero-order chi connectivity index (χ0) is 15.8. The lowest BCUT2D eigenvalue weighted by Crippen LogP contribution is -2.49. The summed E-state index contributed by atoms with van der Waals surface area (Å²) >= 11 is 0. The maximum absolute atomic E-state index is 12.3. The number of hydrogen-bond donors (Lipinski definition) is 1. The Kier molecular flexibility index (Phi) is 5.74. The molecule has 0 aliphatic heterocycles. The van der Waals surface area contributed by atoms with Gasteiger partial charge in [-0.25, -0.2) is 0 Å². The summed E-state index contributed by atoms with van der Waals surface area (Å²) in [6, 6.07) is 12.3. The third-order valence-corrected chi connectivity index (χ3v) is 4.05. The smallest absolute Gasteiger partial charge is 0.235 e. The van der Waals surface area contributed by atoms with Crippen LogP contribution in [0.2, 0.25) is 0 Å². The number of nitrogens with zero attached hydrogens (tertiary/aromatic N) is 2. The molecule has 1 fully saturated rings. The van der Waals surface area contributed by atoms with Crippen molar-refractivity contribution in [1.29, 1.82) is 5.26 Å². The summed E-state index contributed by atoms with van der Waals surface area (Å²) in [5.41, 5.74) is 0.511. The van der Waals surface area contributed by atoms with E-state index in [-0.39, 0.29) is 12.5 Å². The van der Waals surface area contributed by atoms with E-state index in [0.29, 0.717) is 13.1 Å². The molecule has 1 aliphatic rings. The van der Waals surface area contributed by atoms with Crippen LogP contribution in [0.25, 0.3) is 0 Å². The summed E-state index contributed by atoms with van der Waals surface area (Å²) in [6.45, 7) is 5.37. The Balaban J connectivity index is 1.94. The van der Waals surface area contributed by atoms with Gasteiger partial charge in [0, 0.05) is 13.1 Å². The maximum atomic E-state index is 12.3. The van der Waals surface area contributed by atoms with E-state index >= 15 is 0 Å². The minimum Gasteiger partial charge on any atom is -0.337 e. The predicted octanol–water partition coefficient (Wildman–Crippen LogP) is 2.63. The molecule has 0 radical (unpaired) electrons. The summed E-state index contributed by atoms with van der Waals surface area (Å²) in [7, 11) is 0. The Morgan fingerprint density at radius 2 is 2.05 bits per heavy atom. The molecule has 0 unspecified atom stereocenters. The fourth-order valence-electron chi connectivity index (χ4n) is 2.96. The SMILES string of the molecule is C=CCN(CC(=O)NC1(C#N)CCCC1)Cc1ccccc1. The van der Waals surface area contributed by atoms with Gasteiger partial charge in [0.1, 0.15) is 5.54 Å². The van der Waals surface area contributed by atoms with Crippen LogP contribution in [0.3, 0.4) is 0 Å². The van der Waals surface area contributed by atoms with Crippen molar-refractivity contribution >= 4 is 5.91 Å². The van der Waals surface area contributed by atoms with E-state index in [1.807, 2.05) is 35.2 Å². The molecule has 0 bridgehead atoms. The van der Waals surface area contributed by atoms with Crippen LogP contribution in [0.4, 0.5) is 0 Å². The molecule has 1 N–H and O–H groups in total. The lowest BCUT2D eigenvalue weighted by atomic mass is 10.00. The third kappa shape index (κ3) is 4.44. The molecule has 0 aromatic heterocycles. The number of carbonyl (C=O) groups excluding carboxylic acids is 1. The van der Waals surface area contributed by atoms with Crippen molar-refractivity contribution in [3.05, 3.63) is 48.6 Å². The Labute approximate surface area is 132 Å². The molecule has 2 rings (SSSR count). The molecule has 116 valence electrons. The largest absolute Gasteiger partial charge is 0.337 e. The molecule has 0 heterocycles. The summed E-state index contributed by atoms with van der Waals surface area (Å²) in [5.74, 6) is -0.0822.